The highest BCUT2D eigenvalue weighted by molar-refractivity contribution is 7.10. The number of nitrogens with two attached hydrogens (primary N) is 1. The number of hydrogen-bond donors (Lipinski definition) is 1. The molecule has 1 rings (SSSR count). The predicted molar refractivity (Wildman–Crippen MR) is 59.2 cm³/mol. The normalized spacial score (nSPS) is 14.9. The lowest BCUT2D eigenvalue weighted by atomic mass is 10.0. The quantitative estimate of drug-likeness (QED) is 0.586. The minimum atomic E-state index is 0.227. The molecule has 0 spiro atoms. The summed E-state index contributed by atoms with van der Waals surface area (Å²) in [6.07, 6.45) is 0. The summed E-state index contributed by atoms with van der Waals surface area (Å²) in [6, 6.07) is 4.39. The molecule has 0 aliphatic heterocycles. The average molecular weight is 196 g/mol. The minimum absolute atomic E-state index is 0.227. The first-order valence-electron chi connectivity index (χ1n) is 4.44. The van der Waals surface area contributed by atoms with Gasteiger partial charge >= 0.3 is 0 Å². The number of amidine groups is 1. The van der Waals surface area contributed by atoms with Gasteiger partial charge in [-0.15, -0.1) is 11.3 Å². The zero-order valence-corrected chi connectivity index (χ0v) is 9.14. The summed E-state index contributed by atoms with van der Waals surface area (Å²) in [6.45, 7) is 6.16. The molecular weight excluding hydrogens is 180 g/mol. The summed E-state index contributed by atoms with van der Waals surface area (Å²) in [5.74, 6) is 1.16. The molecule has 0 saturated heterocycles. The van der Waals surface area contributed by atoms with Crippen molar-refractivity contribution in [2.24, 2.45) is 16.6 Å². The van der Waals surface area contributed by atoms with Crippen molar-refractivity contribution in [3.05, 3.63) is 22.4 Å². The van der Waals surface area contributed by atoms with E-state index in [0.717, 1.165) is 0 Å². The third-order valence-corrected chi connectivity index (χ3v) is 2.75. The van der Waals surface area contributed by atoms with Crippen molar-refractivity contribution >= 4 is 17.2 Å². The molecule has 1 aromatic rings. The fourth-order valence-electron chi connectivity index (χ4n) is 1.22. The Morgan fingerprint density at radius 2 is 2.23 bits per heavy atom. The first kappa shape index (κ1) is 10.3. The summed E-state index contributed by atoms with van der Waals surface area (Å²) >= 11 is 1.74. The van der Waals surface area contributed by atoms with Crippen molar-refractivity contribution in [2.45, 2.75) is 26.8 Å². The van der Waals surface area contributed by atoms with E-state index < -0.39 is 0 Å². The Morgan fingerprint density at radius 3 is 2.62 bits per heavy atom. The number of aliphatic imine (C=N–C) groups is 1. The van der Waals surface area contributed by atoms with Gasteiger partial charge in [-0.3, -0.25) is 4.99 Å². The van der Waals surface area contributed by atoms with Crippen LogP contribution in [0.25, 0.3) is 0 Å². The van der Waals surface area contributed by atoms with Gasteiger partial charge in [0.1, 0.15) is 0 Å². The van der Waals surface area contributed by atoms with Gasteiger partial charge in [0.25, 0.3) is 0 Å². The summed E-state index contributed by atoms with van der Waals surface area (Å²) in [5, 5.41) is 2.08. The molecule has 1 unspecified atom stereocenters. The topological polar surface area (TPSA) is 38.4 Å². The number of nitrogens with zero attached hydrogens (tertiary/aromatic N) is 1. The third-order valence-electron chi connectivity index (χ3n) is 1.81. The zero-order valence-electron chi connectivity index (χ0n) is 8.32. The van der Waals surface area contributed by atoms with E-state index in [4.69, 9.17) is 5.73 Å². The fraction of sp³-hybridized carbons (Fsp3) is 0.500. The second-order valence-corrected chi connectivity index (χ2v) is 4.45. The monoisotopic (exact) mass is 196 g/mol. The zero-order chi connectivity index (χ0) is 9.84. The Balaban J connectivity index is 2.87. The van der Waals surface area contributed by atoms with Crippen LogP contribution in [0.1, 0.15) is 31.7 Å². The molecule has 72 valence electrons. The van der Waals surface area contributed by atoms with Gasteiger partial charge in [0.2, 0.25) is 0 Å². The lowest BCUT2D eigenvalue weighted by Crippen LogP contribution is -2.11. The van der Waals surface area contributed by atoms with Crippen LogP contribution in [-0.4, -0.2) is 5.84 Å². The Hall–Kier alpha value is -0.830. The lowest BCUT2D eigenvalue weighted by molar-refractivity contribution is 0.523. The third kappa shape index (κ3) is 2.84. The molecule has 1 atom stereocenters. The van der Waals surface area contributed by atoms with Crippen molar-refractivity contribution in [2.75, 3.05) is 0 Å². The molecule has 0 saturated carbocycles. The van der Waals surface area contributed by atoms with E-state index in [1.807, 2.05) is 6.92 Å². The first-order valence-corrected chi connectivity index (χ1v) is 5.32. The van der Waals surface area contributed by atoms with E-state index in [-0.39, 0.29) is 6.04 Å². The summed E-state index contributed by atoms with van der Waals surface area (Å²) in [5.41, 5.74) is 5.59. The van der Waals surface area contributed by atoms with Gasteiger partial charge in [0.15, 0.2) is 0 Å². The van der Waals surface area contributed by atoms with Crippen molar-refractivity contribution in [3.63, 3.8) is 0 Å². The molecule has 13 heavy (non-hydrogen) atoms. The highest BCUT2D eigenvalue weighted by atomic mass is 32.1. The molecule has 1 aromatic heterocycles. The van der Waals surface area contributed by atoms with Gasteiger partial charge in [-0.05, 0) is 24.3 Å². The average Bonchev–Trinajstić information content (AvgIpc) is 2.50. The van der Waals surface area contributed by atoms with Gasteiger partial charge in [0.05, 0.1) is 11.9 Å². The summed E-state index contributed by atoms with van der Waals surface area (Å²) < 4.78 is 0. The van der Waals surface area contributed by atoms with Gasteiger partial charge < -0.3 is 5.73 Å². The molecule has 0 fully saturated rings. The highest BCUT2D eigenvalue weighted by Gasteiger charge is 2.14. The maximum atomic E-state index is 5.59. The fourth-order valence-corrected chi connectivity index (χ4v) is 2.16. The maximum Gasteiger partial charge on any atom is 0.0913 e. The van der Waals surface area contributed by atoms with Crippen molar-refractivity contribution in [1.82, 2.24) is 0 Å². The molecule has 2 N–H and O–H groups in total. The Bertz CT molecular complexity index is 271. The summed E-state index contributed by atoms with van der Waals surface area (Å²) in [7, 11) is 0. The molecule has 0 aliphatic carbocycles. The van der Waals surface area contributed by atoms with E-state index in [2.05, 4.69) is 36.4 Å². The van der Waals surface area contributed by atoms with Crippen LogP contribution in [0.2, 0.25) is 0 Å². The van der Waals surface area contributed by atoms with Gasteiger partial charge in [-0.2, -0.15) is 0 Å². The van der Waals surface area contributed by atoms with Crippen molar-refractivity contribution in [3.8, 4) is 0 Å². The molecule has 2 nitrogen and oxygen atoms in total. The van der Waals surface area contributed by atoms with Crippen LogP contribution in [0.4, 0.5) is 0 Å². The van der Waals surface area contributed by atoms with E-state index >= 15 is 0 Å². The number of hydrogen-bond acceptors (Lipinski definition) is 2. The van der Waals surface area contributed by atoms with Crippen LogP contribution in [0.15, 0.2) is 22.5 Å². The van der Waals surface area contributed by atoms with Crippen LogP contribution in [0, 0.1) is 5.92 Å². The minimum Gasteiger partial charge on any atom is -0.388 e. The first-order chi connectivity index (χ1) is 6.11. The van der Waals surface area contributed by atoms with Crippen LogP contribution in [0.3, 0.4) is 0 Å². The summed E-state index contributed by atoms with van der Waals surface area (Å²) in [4.78, 5) is 5.72. The van der Waals surface area contributed by atoms with Gasteiger partial charge in [-0.25, -0.2) is 0 Å². The number of rotatable bonds is 3. The Morgan fingerprint density at radius 1 is 1.54 bits per heavy atom. The molecule has 0 bridgehead atoms. The van der Waals surface area contributed by atoms with Crippen LogP contribution >= 0.6 is 11.3 Å². The second kappa shape index (κ2) is 4.42. The number of thiophene rings is 1. The van der Waals surface area contributed by atoms with Crippen molar-refractivity contribution in [1.29, 1.82) is 0 Å². The van der Waals surface area contributed by atoms with E-state index in [9.17, 15) is 0 Å². The van der Waals surface area contributed by atoms with Crippen LogP contribution in [-0.2, 0) is 0 Å². The molecule has 0 aliphatic rings. The standard InChI is InChI=1S/C10H16N2S/c1-7(2)10(12-8(3)11)9-5-4-6-13-9/h4-7,10H,1-3H3,(H2,11,12). The predicted octanol–water partition coefficient (Wildman–Crippen LogP) is 2.82. The van der Waals surface area contributed by atoms with Crippen LogP contribution in [0.5, 0.6) is 0 Å². The molecule has 1 heterocycles. The Kier molecular flexibility index (Phi) is 3.48. The SMILES string of the molecule is CC(N)=NC(c1cccs1)C(C)C. The molecular formula is C10H16N2S. The maximum absolute atomic E-state index is 5.59. The molecule has 3 heteroatoms. The van der Waals surface area contributed by atoms with Crippen LogP contribution < -0.4 is 5.73 Å². The smallest absolute Gasteiger partial charge is 0.0913 e. The lowest BCUT2D eigenvalue weighted by Gasteiger charge is -2.14. The van der Waals surface area contributed by atoms with Crippen molar-refractivity contribution < 1.29 is 0 Å². The van der Waals surface area contributed by atoms with E-state index in [0.29, 0.717) is 11.8 Å². The Labute approximate surface area is 83.5 Å². The molecule has 0 radical (unpaired) electrons. The molecule has 0 aromatic carbocycles. The molecule has 0 amide bonds. The van der Waals surface area contributed by atoms with E-state index in [1.165, 1.54) is 4.88 Å². The van der Waals surface area contributed by atoms with Gasteiger partial charge in [-0.1, -0.05) is 19.9 Å². The van der Waals surface area contributed by atoms with Gasteiger partial charge in [0, 0.05) is 4.88 Å². The van der Waals surface area contributed by atoms with E-state index in [1.54, 1.807) is 11.3 Å². The highest BCUT2D eigenvalue weighted by Crippen LogP contribution is 2.29. The second-order valence-electron chi connectivity index (χ2n) is 3.47. The largest absolute Gasteiger partial charge is 0.388 e.